The van der Waals surface area contributed by atoms with Crippen LogP contribution in [0.15, 0.2) is 30.3 Å². The fourth-order valence-corrected chi connectivity index (χ4v) is 2.55. The van der Waals surface area contributed by atoms with Crippen molar-refractivity contribution in [3.63, 3.8) is 0 Å². The third kappa shape index (κ3) is 3.39. The maximum atomic E-state index is 12.0. The largest absolute Gasteiger partial charge is 0.481 e. The third-order valence-electron chi connectivity index (χ3n) is 3.51. The maximum absolute atomic E-state index is 12.0. The zero-order chi connectivity index (χ0) is 14.7. The molecule has 1 saturated heterocycles. The number of benzene rings is 1. The minimum Gasteiger partial charge on any atom is -0.481 e. The monoisotopic (exact) mass is 293 g/mol. The highest BCUT2D eigenvalue weighted by Crippen LogP contribution is 2.23. The van der Waals surface area contributed by atoms with E-state index in [4.69, 9.17) is 16.7 Å². The van der Waals surface area contributed by atoms with E-state index in [9.17, 15) is 9.59 Å². The third-order valence-corrected chi connectivity index (χ3v) is 3.74. The average molecular weight is 294 g/mol. The van der Waals surface area contributed by atoms with Gasteiger partial charge in [-0.25, -0.2) is 0 Å². The van der Waals surface area contributed by atoms with Crippen molar-refractivity contribution < 1.29 is 14.7 Å². The number of carbonyl (C=O) groups excluding carboxylic acids is 1. The molecule has 1 aliphatic heterocycles. The molecule has 1 aromatic rings. The van der Waals surface area contributed by atoms with Crippen LogP contribution in [0.4, 0.5) is 0 Å². The van der Waals surface area contributed by atoms with Crippen LogP contribution in [0.3, 0.4) is 0 Å². The van der Waals surface area contributed by atoms with Crippen LogP contribution in [0, 0.1) is 11.8 Å². The summed E-state index contributed by atoms with van der Waals surface area (Å²) >= 11 is 5.87. The van der Waals surface area contributed by atoms with E-state index in [0.29, 0.717) is 11.6 Å². The van der Waals surface area contributed by atoms with Crippen LogP contribution in [0.25, 0.3) is 6.08 Å². The molecular weight excluding hydrogens is 278 g/mol. The van der Waals surface area contributed by atoms with E-state index < -0.39 is 11.9 Å². The van der Waals surface area contributed by atoms with Crippen molar-refractivity contribution in [3.8, 4) is 0 Å². The Bertz CT molecular complexity index is 556. The van der Waals surface area contributed by atoms with Crippen LogP contribution in [-0.2, 0) is 9.59 Å². The lowest BCUT2D eigenvalue weighted by molar-refractivity contribution is -0.142. The molecule has 0 radical (unpaired) electrons. The van der Waals surface area contributed by atoms with Gasteiger partial charge in [0.05, 0.1) is 5.92 Å². The summed E-state index contributed by atoms with van der Waals surface area (Å²) in [5.41, 5.74) is 0.841. The molecule has 1 amide bonds. The molecule has 0 spiro atoms. The zero-order valence-electron chi connectivity index (χ0n) is 11.1. The maximum Gasteiger partial charge on any atom is 0.308 e. The minimum atomic E-state index is -0.841. The molecular formula is C15H16ClNO3. The highest BCUT2D eigenvalue weighted by atomic mass is 35.5. The number of carboxylic acid groups (broad SMARTS) is 1. The standard InChI is InChI=1S/C15H16ClNO3/c1-10-8-17(9-13(10)15(19)20)14(18)6-5-11-3-2-4-12(16)7-11/h2-7,10,13H,8-9H2,1H3,(H,19,20). The first-order valence-corrected chi connectivity index (χ1v) is 6.80. The number of hydrogen-bond acceptors (Lipinski definition) is 2. The van der Waals surface area contributed by atoms with Crippen molar-refractivity contribution in [2.75, 3.05) is 13.1 Å². The van der Waals surface area contributed by atoms with Gasteiger partial charge in [-0.2, -0.15) is 0 Å². The van der Waals surface area contributed by atoms with Crippen molar-refractivity contribution in [2.45, 2.75) is 6.92 Å². The molecule has 0 bridgehead atoms. The second kappa shape index (κ2) is 6.09. The molecule has 0 aromatic heterocycles. The first kappa shape index (κ1) is 14.6. The van der Waals surface area contributed by atoms with Crippen molar-refractivity contribution in [3.05, 3.63) is 40.9 Å². The first-order valence-electron chi connectivity index (χ1n) is 6.42. The lowest BCUT2D eigenvalue weighted by Gasteiger charge is -2.12. The molecule has 2 rings (SSSR count). The number of amides is 1. The summed E-state index contributed by atoms with van der Waals surface area (Å²) in [5, 5.41) is 9.66. The molecule has 0 saturated carbocycles. The van der Waals surface area contributed by atoms with Crippen LogP contribution < -0.4 is 0 Å². The van der Waals surface area contributed by atoms with Crippen LogP contribution in [0.2, 0.25) is 5.02 Å². The van der Waals surface area contributed by atoms with Crippen LogP contribution in [0.5, 0.6) is 0 Å². The average Bonchev–Trinajstić information content (AvgIpc) is 2.78. The van der Waals surface area contributed by atoms with Gasteiger partial charge in [-0.1, -0.05) is 30.7 Å². The molecule has 106 valence electrons. The smallest absolute Gasteiger partial charge is 0.308 e. The molecule has 2 unspecified atom stereocenters. The van der Waals surface area contributed by atoms with Crippen LogP contribution in [0.1, 0.15) is 12.5 Å². The van der Waals surface area contributed by atoms with Crippen molar-refractivity contribution >= 4 is 29.6 Å². The molecule has 0 aliphatic carbocycles. The summed E-state index contributed by atoms with van der Waals surface area (Å²) < 4.78 is 0. The van der Waals surface area contributed by atoms with E-state index >= 15 is 0 Å². The topological polar surface area (TPSA) is 57.6 Å². The molecule has 2 atom stereocenters. The molecule has 1 aromatic carbocycles. The minimum absolute atomic E-state index is 0.0176. The number of carboxylic acids is 1. The van der Waals surface area contributed by atoms with E-state index in [0.717, 1.165) is 5.56 Å². The molecule has 5 heteroatoms. The summed E-state index contributed by atoms with van der Waals surface area (Å²) in [7, 11) is 0. The quantitative estimate of drug-likeness (QED) is 0.871. The fourth-order valence-electron chi connectivity index (χ4n) is 2.35. The molecule has 1 aliphatic rings. The van der Waals surface area contributed by atoms with E-state index in [1.54, 1.807) is 23.1 Å². The van der Waals surface area contributed by atoms with Crippen molar-refractivity contribution in [1.29, 1.82) is 0 Å². The van der Waals surface area contributed by atoms with Gasteiger partial charge >= 0.3 is 5.97 Å². The van der Waals surface area contributed by atoms with Gasteiger partial charge in [-0.05, 0) is 29.7 Å². The normalized spacial score (nSPS) is 22.4. The van der Waals surface area contributed by atoms with Gasteiger partial charge in [-0.15, -0.1) is 0 Å². The molecule has 1 heterocycles. The number of likely N-dealkylation sites (tertiary alicyclic amines) is 1. The van der Waals surface area contributed by atoms with Crippen LogP contribution in [-0.4, -0.2) is 35.0 Å². The van der Waals surface area contributed by atoms with Gasteiger partial charge in [0.2, 0.25) is 5.91 Å². The SMILES string of the molecule is CC1CN(C(=O)C=Cc2cccc(Cl)c2)CC1C(=O)O. The van der Waals surface area contributed by atoms with E-state index in [-0.39, 0.29) is 18.4 Å². The number of halogens is 1. The highest BCUT2D eigenvalue weighted by Gasteiger charge is 2.36. The van der Waals surface area contributed by atoms with E-state index in [2.05, 4.69) is 0 Å². The van der Waals surface area contributed by atoms with Gasteiger partial charge in [0.25, 0.3) is 0 Å². The number of rotatable bonds is 3. The van der Waals surface area contributed by atoms with Crippen LogP contribution >= 0.6 is 11.6 Å². The zero-order valence-corrected chi connectivity index (χ0v) is 11.9. The second-order valence-electron chi connectivity index (χ2n) is 5.05. The van der Waals surface area contributed by atoms with Gasteiger partial charge in [-0.3, -0.25) is 9.59 Å². The Morgan fingerprint density at radius 3 is 2.75 bits per heavy atom. The summed E-state index contributed by atoms with van der Waals surface area (Å²) in [6.45, 7) is 2.61. The van der Waals surface area contributed by atoms with Gasteiger partial charge in [0.15, 0.2) is 0 Å². The van der Waals surface area contributed by atoms with Gasteiger partial charge in [0.1, 0.15) is 0 Å². The summed E-state index contributed by atoms with van der Waals surface area (Å²) in [6, 6.07) is 7.19. The Morgan fingerprint density at radius 1 is 1.40 bits per heavy atom. The first-order chi connectivity index (χ1) is 9.47. The number of hydrogen-bond donors (Lipinski definition) is 1. The van der Waals surface area contributed by atoms with Crippen molar-refractivity contribution in [1.82, 2.24) is 4.90 Å². The lowest BCUT2D eigenvalue weighted by atomic mass is 9.99. The molecule has 1 fully saturated rings. The molecule has 20 heavy (non-hydrogen) atoms. The van der Waals surface area contributed by atoms with E-state index in [1.165, 1.54) is 6.08 Å². The Morgan fingerprint density at radius 2 is 2.15 bits per heavy atom. The Kier molecular flexibility index (Phi) is 4.45. The predicted octanol–water partition coefficient (Wildman–Crippen LogP) is 2.53. The fraction of sp³-hybridized carbons (Fsp3) is 0.333. The molecule has 1 N–H and O–H groups in total. The number of carbonyl (C=O) groups is 2. The van der Waals surface area contributed by atoms with Gasteiger partial charge in [0, 0.05) is 24.2 Å². The van der Waals surface area contributed by atoms with Gasteiger partial charge < -0.3 is 10.0 Å². The summed E-state index contributed by atoms with van der Waals surface area (Å²) in [4.78, 5) is 24.6. The Balaban J connectivity index is 2.01. The Labute approximate surface area is 122 Å². The second-order valence-corrected chi connectivity index (χ2v) is 5.49. The molecule has 4 nitrogen and oxygen atoms in total. The number of aliphatic carboxylic acids is 1. The summed E-state index contributed by atoms with van der Waals surface area (Å²) in [5.74, 6) is -1.50. The Hall–Kier alpha value is -1.81. The highest BCUT2D eigenvalue weighted by molar-refractivity contribution is 6.30. The number of nitrogens with zero attached hydrogens (tertiary/aromatic N) is 1. The van der Waals surface area contributed by atoms with Crippen molar-refractivity contribution in [2.24, 2.45) is 11.8 Å². The van der Waals surface area contributed by atoms with E-state index in [1.807, 2.05) is 19.1 Å². The predicted molar refractivity (Wildman–Crippen MR) is 77.4 cm³/mol. The summed E-state index contributed by atoms with van der Waals surface area (Å²) in [6.07, 6.45) is 3.15. The lowest BCUT2D eigenvalue weighted by Crippen LogP contribution is -2.28.